The number of amides is 1. The topological polar surface area (TPSA) is 59.4 Å². The van der Waals surface area contributed by atoms with E-state index in [9.17, 15) is 4.79 Å². The minimum atomic E-state index is -0.0393. The lowest BCUT2D eigenvalue weighted by molar-refractivity contribution is 0.0558. The van der Waals surface area contributed by atoms with Crippen LogP contribution >= 0.6 is 12.2 Å². The fourth-order valence-corrected chi connectivity index (χ4v) is 4.46. The highest BCUT2D eigenvalue weighted by Crippen LogP contribution is 2.37. The number of fused-ring (bicyclic) bond motifs is 1. The van der Waals surface area contributed by atoms with Crippen LogP contribution in [0.3, 0.4) is 0 Å². The molecule has 1 saturated carbocycles. The van der Waals surface area contributed by atoms with Gasteiger partial charge in [0.15, 0.2) is 10.5 Å². The van der Waals surface area contributed by atoms with Gasteiger partial charge in [-0.25, -0.2) is 4.68 Å². The van der Waals surface area contributed by atoms with Crippen molar-refractivity contribution in [3.8, 4) is 0 Å². The highest BCUT2D eigenvalue weighted by Gasteiger charge is 2.30. The Morgan fingerprint density at radius 3 is 2.60 bits per heavy atom. The van der Waals surface area contributed by atoms with E-state index in [0.717, 1.165) is 34.7 Å². The van der Waals surface area contributed by atoms with Gasteiger partial charge in [-0.3, -0.25) is 9.69 Å². The zero-order chi connectivity index (χ0) is 20.8. The summed E-state index contributed by atoms with van der Waals surface area (Å²) in [6, 6.07) is 10.1. The van der Waals surface area contributed by atoms with E-state index in [2.05, 4.69) is 23.3 Å². The maximum Gasteiger partial charge on any atom is 0.289 e. The van der Waals surface area contributed by atoms with E-state index in [1.165, 1.54) is 12.8 Å². The molecule has 0 bridgehead atoms. The number of carbonyl (C=O) groups excluding carboxylic acids is 1. The van der Waals surface area contributed by atoms with Gasteiger partial charge in [-0.2, -0.15) is 5.10 Å². The van der Waals surface area contributed by atoms with Crippen LogP contribution in [0.2, 0.25) is 0 Å². The van der Waals surface area contributed by atoms with Crippen molar-refractivity contribution in [1.29, 1.82) is 0 Å². The highest BCUT2D eigenvalue weighted by atomic mass is 32.1. The third-order valence-corrected chi connectivity index (χ3v) is 6.36. The largest absolute Gasteiger partial charge is 0.451 e. The van der Waals surface area contributed by atoms with Crippen LogP contribution in [0.4, 0.5) is 0 Å². The van der Waals surface area contributed by atoms with Gasteiger partial charge in [0.1, 0.15) is 11.4 Å². The Labute approximate surface area is 180 Å². The van der Waals surface area contributed by atoms with E-state index >= 15 is 0 Å². The average molecular weight is 426 g/mol. The van der Waals surface area contributed by atoms with E-state index < -0.39 is 0 Å². The number of para-hydroxylation sites is 1. The number of furan rings is 1. The first-order valence-corrected chi connectivity index (χ1v) is 11.1. The van der Waals surface area contributed by atoms with Crippen LogP contribution < -0.4 is 0 Å². The molecule has 1 aliphatic heterocycles. The Kier molecular flexibility index (Phi) is 4.99. The molecule has 0 atom stereocenters. The lowest BCUT2D eigenvalue weighted by Crippen LogP contribution is -2.49. The Morgan fingerprint density at radius 2 is 1.93 bits per heavy atom. The summed E-state index contributed by atoms with van der Waals surface area (Å²) in [7, 11) is 0. The smallest absolute Gasteiger partial charge is 0.289 e. The number of hydrogen-bond donors (Lipinski definition) is 0. The molecule has 3 aromatic rings. The summed E-state index contributed by atoms with van der Waals surface area (Å²) in [6.45, 7) is 7.94. The van der Waals surface area contributed by atoms with Crippen molar-refractivity contribution < 1.29 is 9.21 Å². The highest BCUT2D eigenvalue weighted by molar-refractivity contribution is 7.71. The number of hydrogen-bond acceptors (Lipinski definition) is 5. The number of benzene rings is 1. The van der Waals surface area contributed by atoms with Crippen molar-refractivity contribution >= 4 is 29.1 Å². The minimum absolute atomic E-state index is 0.0393. The van der Waals surface area contributed by atoms with Crippen molar-refractivity contribution in [1.82, 2.24) is 24.1 Å². The predicted molar refractivity (Wildman–Crippen MR) is 117 cm³/mol. The standard InChI is InChI=1S/C22H27N5O2S/c1-15(2)20-23-26(22(30)27(20)17-7-8-17)14-24-9-11-25(12-10-24)21(28)19-13-16-5-3-4-6-18(16)29-19/h3-6,13,15,17H,7-12,14H2,1-2H3. The molecule has 0 N–H and O–H groups in total. The first kappa shape index (κ1) is 19.5. The molecular weight excluding hydrogens is 398 g/mol. The summed E-state index contributed by atoms with van der Waals surface area (Å²) in [4.78, 5) is 17.1. The number of nitrogens with zero attached hydrogens (tertiary/aromatic N) is 5. The van der Waals surface area contributed by atoms with Crippen molar-refractivity contribution in [2.75, 3.05) is 26.2 Å². The van der Waals surface area contributed by atoms with Gasteiger partial charge in [-0.15, -0.1) is 0 Å². The predicted octanol–water partition coefficient (Wildman–Crippen LogP) is 4.03. The molecule has 3 heterocycles. The first-order valence-electron chi connectivity index (χ1n) is 10.7. The lowest BCUT2D eigenvalue weighted by Gasteiger charge is -2.34. The van der Waals surface area contributed by atoms with Crippen LogP contribution in [0.5, 0.6) is 0 Å². The summed E-state index contributed by atoms with van der Waals surface area (Å²) in [5.74, 6) is 1.81. The van der Waals surface area contributed by atoms with Gasteiger partial charge in [-0.1, -0.05) is 32.0 Å². The molecule has 1 saturated heterocycles. The molecule has 158 valence electrons. The molecule has 5 rings (SSSR count). The molecule has 2 aliphatic rings. The SMILES string of the molecule is CC(C)c1nn(CN2CCN(C(=O)c3cc4ccccc4o3)CC2)c(=S)n1C1CC1. The molecule has 30 heavy (non-hydrogen) atoms. The van der Waals surface area contributed by atoms with Crippen LogP contribution in [0.1, 0.15) is 55.0 Å². The fraction of sp³-hybridized carbons (Fsp3) is 0.500. The third-order valence-electron chi connectivity index (χ3n) is 5.96. The lowest BCUT2D eigenvalue weighted by atomic mass is 10.2. The summed E-state index contributed by atoms with van der Waals surface area (Å²) >= 11 is 5.74. The number of rotatable bonds is 5. The van der Waals surface area contributed by atoms with Crippen LogP contribution in [0.15, 0.2) is 34.7 Å². The monoisotopic (exact) mass is 425 g/mol. The van der Waals surface area contributed by atoms with Gasteiger partial charge in [0.2, 0.25) is 0 Å². The maximum absolute atomic E-state index is 12.9. The second-order valence-electron chi connectivity index (χ2n) is 8.60. The van der Waals surface area contributed by atoms with E-state index in [1.54, 1.807) is 0 Å². The first-order chi connectivity index (χ1) is 14.5. The summed E-state index contributed by atoms with van der Waals surface area (Å²) in [6.07, 6.45) is 2.39. The molecule has 1 aliphatic carbocycles. The van der Waals surface area contributed by atoms with Crippen LogP contribution in [0, 0.1) is 4.77 Å². The van der Waals surface area contributed by atoms with Gasteiger partial charge in [0.25, 0.3) is 5.91 Å². The molecule has 0 radical (unpaired) electrons. The fourth-order valence-electron chi connectivity index (χ4n) is 4.12. The van der Waals surface area contributed by atoms with E-state index in [4.69, 9.17) is 21.7 Å². The molecule has 8 heteroatoms. The van der Waals surface area contributed by atoms with E-state index in [1.807, 2.05) is 39.9 Å². The molecule has 0 spiro atoms. The Balaban J connectivity index is 1.25. The zero-order valence-electron chi connectivity index (χ0n) is 17.5. The minimum Gasteiger partial charge on any atom is -0.451 e. The molecule has 0 unspecified atom stereocenters. The molecule has 1 aromatic carbocycles. The summed E-state index contributed by atoms with van der Waals surface area (Å²) in [5.41, 5.74) is 0.751. The Hall–Kier alpha value is -2.45. The molecule has 2 fully saturated rings. The normalized spacial score (nSPS) is 17.9. The van der Waals surface area contributed by atoms with Gasteiger partial charge < -0.3 is 13.9 Å². The van der Waals surface area contributed by atoms with Crippen LogP contribution in [0.25, 0.3) is 11.0 Å². The van der Waals surface area contributed by atoms with Gasteiger partial charge >= 0.3 is 0 Å². The van der Waals surface area contributed by atoms with Gasteiger partial charge in [0.05, 0.1) is 6.67 Å². The van der Waals surface area contributed by atoms with Crippen molar-refractivity contribution in [2.45, 2.75) is 45.3 Å². The maximum atomic E-state index is 12.9. The van der Waals surface area contributed by atoms with Crippen molar-refractivity contribution in [3.63, 3.8) is 0 Å². The van der Waals surface area contributed by atoms with Crippen molar-refractivity contribution in [2.24, 2.45) is 0 Å². The molecule has 1 amide bonds. The van der Waals surface area contributed by atoms with E-state index in [0.29, 0.717) is 37.5 Å². The van der Waals surface area contributed by atoms with Crippen LogP contribution in [-0.4, -0.2) is 56.2 Å². The summed E-state index contributed by atoms with van der Waals surface area (Å²) < 4.78 is 10.8. The number of piperazine rings is 1. The number of carbonyl (C=O) groups is 1. The molecular formula is C22H27N5O2S. The average Bonchev–Trinajstić information content (AvgIpc) is 3.40. The Bertz CT molecular complexity index is 1100. The quantitative estimate of drug-likeness (QED) is 0.578. The second-order valence-corrected chi connectivity index (χ2v) is 8.96. The van der Waals surface area contributed by atoms with Gasteiger partial charge in [-0.05, 0) is 37.2 Å². The summed E-state index contributed by atoms with van der Waals surface area (Å²) in [5, 5.41) is 5.79. The van der Waals surface area contributed by atoms with Crippen LogP contribution in [-0.2, 0) is 6.67 Å². The van der Waals surface area contributed by atoms with Crippen molar-refractivity contribution in [3.05, 3.63) is 46.7 Å². The van der Waals surface area contributed by atoms with E-state index in [-0.39, 0.29) is 5.91 Å². The zero-order valence-corrected chi connectivity index (χ0v) is 18.3. The molecule has 2 aromatic heterocycles. The van der Waals surface area contributed by atoms with Gasteiger partial charge in [0, 0.05) is 43.5 Å². The Morgan fingerprint density at radius 1 is 1.20 bits per heavy atom. The molecule has 7 nitrogen and oxygen atoms in total. The number of aromatic nitrogens is 3. The third kappa shape index (κ3) is 3.58. The second kappa shape index (κ2) is 7.67.